The number of allylic oxidation sites excluding steroid dienone is 1. The molecule has 0 N–H and O–H groups in total. The first kappa shape index (κ1) is 21.8. The summed E-state index contributed by atoms with van der Waals surface area (Å²) in [6, 6.07) is 10.1. The third kappa shape index (κ3) is 14.8. The zero-order chi connectivity index (χ0) is 17.8. The Morgan fingerprint density at radius 1 is 0.600 bits per heavy atom. The second-order valence-corrected chi connectivity index (χ2v) is 7.19. The van der Waals surface area contributed by atoms with Crippen molar-refractivity contribution in [2.75, 3.05) is 6.61 Å². The zero-order valence-corrected chi connectivity index (χ0v) is 16.4. The smallest absolute Gasteiger partial charge is 0.119 e. The SMILES string of the molecule is C=CCCCCCCCCCCCCCCCCOc1ccccc1. The fourth-order valence-electron chi connectivity index (χ4n) is 3.22. The van der Waals surface area contributed by atoms with Crippen molar-refractivity contribution in [3.63, 3.8) is 0 Å². The lowest BCUT2D eigenvalue weighted by Crippen LogP contribution is -1.96. The lowest BCUT2D eigenvalue weighted by Gasteiger charge is -2.06. The van der Waals surface area contributed by atoms with Gasteiger partial charge in [-0.2, -0.15) is 0 Å². The van der Waals surface area contributed by atoms with E-state index in [-0.39, 0.29) is 0 Å². The molecule has 0 radical (unpaired) electrons. The average molecular weight is 345 g/mol. The highest BCUT2D eigenvalue weighted by Gasteiger charge is 1.95. The number of para-hydroxylation sites is 1. The predicted octanol–water partition coefficient (Wildman–Crippen LogP) is 8.10. The molecule has 1 aromatic carbocycles. The molecular formula is C24H40O. The maximum absolute atomic E-state index is 5.72. The van der Waals surface area contributed by atoms with Crippen LogP contribution in [0.15, 0.2) is 43.0 Å². The molecule has 0 heterocycles. The van der Waals surface area contributed by atoms with Crippen LogP contribution in [0.2, 0.25) is 0 Å². The van der Waals surface area contributed by atoms with E-state index >= 15 is 0 Å². The van der Waals surface area contributed by atoms with Crippen LogP contribution in [0.1, 0.15) is 96.3 Å². The minimum absolute atomic E-state index is 0.859. The summed E-state index contributed by atoms with van der Waals surface area (Å²) in [6.07, 6.45) is 22.7. The Labute approximate surface area is 156 Å². The lowest BCUT2D eigenvalue weighted by atomic mass is 10.0. The third-order valence-corrected chi connectivity index (χ3v) is 4.81. The van der Waals surface area contributed by atoms with E-state index in [9.17, 15) is 0 Å². The molecule has 0 aliphatic heterocycles. The first-order valence-electron chi connectivity index (χ1n) is 10.7. The monoisotopic (exact) mass is 344 g/mol. The largest absolute Gasteiger partial charge is 0.494 e. The molecule has 0 spiro atoms. The molecule has 0 aliphatic rings. The number of unbranched alkanes of at least 4 members (excludes halogenated alkanes) is 14. The molecule has 0 saturated carbocycles. The number of hydrogen-bond acceptors (Lipinski definition) is 1. The van der Waals surface area contributed by atoms with Crippen molar-refractivity contribution in [1.82, 2.24) is 0 Å². The van der Waals surface area contributed by atoms with Gasteiger partial charge in [0.05, 0.1) is 6.61 Å². The van der Waals surface area contributed by atoms with E-state index in [4.69, 9.17) is 4.74 Å². The van der Waals surface area contributed by atoms with Crippen LogP contribution in [0.5, 0.6) is 5.75 Å². The Kier molecular flexibility index (Phi) is 15.3. The van der Waals surface area contributed by atoms with E-state index < -0.39 is 0 Å². The van der Waals surface area contributed by atoms with Gasteiger partial charge in [-0.1, -0.05) is 101 Å². The summed E-state index contributed by atoms with van der Waals surface area (Å²) in [4.78, 5) is 0. The summed E-state index contributed by atoms with van der Waals surface area (Å²) in [5, 5.41) is 0. The molecular weight excluding hydrogens is 304 g/mol. The summed E-state index contributed by atoms with van der Waals surface area (Å²) in [6.45, 7) is 4.63. The van der Waals surface area contributed by atoms with Crippen LogP contribution in [0.4, 0.5) is 0 Å². The summed E-state index contributed by atoms with van der Waals surface area (Å²) < 4.78 is 5.72. The summed E-state index contributed by atoms with van der Waals surface area (Å²) >= 11 is 0. The van der Waals surface area contributed by atoms with Crippen molar-refractivity contribution in [3.8, 4) is 5.75 Å². The molecule has 25 heavy (non-hydrogen) atoms. The number of benzene rings is 1. The molecule has 0 saturated heterocycles. The van der Waals surface area contributed by atoms with Gasteiger partial charge >= 0.3 is 0 Å². The maximum atomic E-state index is 5.72. The van der Waals surface area contributed by atoms with Gasteiger partial charge in [0.1, 0.15) is 5.75 Å². The molecule has 0 atom stereocenters. The predicted molar refractivity (Wildman–Crippen MR) is 111 cm³/mol. The molecule has 1 heteroatoms. The molecule has 1 rings (SSSR count). The third-order valence-electron chi connectivity index (χ3n) is 4.81. The quantitative estimate of drug-likeness (QED) is 0.193. The molecule has 0 bridgehead atoms. The van der Waals surface area contributed by atoms with Crippen molar-refractivity contribution in [3.05, 3.63) is 43.0 Å². The number of rotatable bonds is 18. The van der Waals surface area contributed by atoms with Crippen LogP contribution in [0.3, 0.4) is 0 Å². The second kappa shape index (κ2) is 17.6. The summed E-state index contributed by atoms with van der Waals surface area (Å²) in [5.74, 6) is 0.999. The Hall–Kier alpha value is -1.24. The van der Waals surface area contributed by atoms with Gasteiger partial charge in [0.2, 0.25) is 0 Å². The van der Waals surface area contributed by atoms with E-state index in [1.807, 2.05) is 36.4 Å². The molecule has 142 valence electrons. The van der Waals surface area contributed by atoms with Gasteiger partial charge in [-0.15, -0.1) is 6.58 Å². The molecule has 0 unspecified atom stereocenters. The van der Waals surface area contributed by atoms with Crippen molar-refractivity contribution < 1.29 is 4.74 Å². The Bertz CT molecular complexity index is 384. The van der Waals surface area contributed by atoms with Gasteiger partial charge in [0.25, 0.3) is 0 Å². The molecule has 0 aromatic heterocycles. The summed E-state index contributed by atoms with van der Waals surface area (Å²) in [7, 11) is 0. The second-order valence-electron chi connectivity index (χ2n) is 7.19. The van der Waals surface area contributed by atoms with E-state index in [0.29, 0.717) is 0 Å². The fraction of sp³-hybridized carbons (Fsp3) is 0.667. The van der Waals surface area contributed by atoms with Crippen LogP contribution in [0.25, 0.3) is 0 Å². The molecule has 0 fully saturated rings. The number of ether oxygens (including phenoxy) is 1. The normalized spacial score (nSPS) is 10.7. The minimum Gasteiger partial charge on any atom is -0.494 e. The van der Waals surface area contributed by atoms with Gasteiger partial charge in [0, 0.05) is 0 Å². The summed E-state index contributed by atoms with van der Waals surface area (Å²) in [5.41, 5.74) is 0. The van der Waals surface area contributed by atoms with Crippen LogP contribution in [0, 0.1) is 0 Å². The molecule has 1 aromatic rings. The highest BCUT2D eigenvalue weighted by molar-refractivity contribution is 5.20. The van der Waals surface area contributed by atoms with E-state index in [0.717, 1.165) is 12.4 Å². The first-order chi connectivity index (χ1) is 12.4. The standard InChI is InChI=1S/C24H40O/c1-2-3-4-5-6-7-8-9-10-11-12-13-14-15-16-20-23-25-24-21-18-17-19-22-24/h2,17-19,21-22H,1,3-16,20,23H2. The minimum atomic E-state index is 0.859. The van der Waals surface area contributed by atoms with Gasteiger partial charge in [-0.25, -0.2) is 0 Å². The van der Waals surface area contributed by atoms with Crippen LogP contribution in [-0.2, 0) is 0 Å². The number of hydrogen-bond donors (Lipinski definition) is 0. The lowest BCUT2D eigenvalue weighted by molar-refractivity contribution is 0.304. The van der Waals surface area contributed by atoms with E-state index in [1.54, 1.807) is 0 Å². The Morgan fingerprint density at radius 3 is 1.52 bits per heavy atom. The highest BCUT2D eigenvalue weighted by atomic mass is 16.5. The fourth-order valence-corrected chi connectivity index (χ4v) is 3.22. The Balaban J connectivity index is 1.70. The first-order valence-corrected chi connectivity index (χ1v) is 10.7. The average Bonchev–Trinajstić information content (AvgIpc) is 2.65. The topological polar surface area (TPSA) is 9.23 Å². The van der Waals surface area contributed by atoms with Crippen molar-refractivity contribution >= 4 is 0 Å². The van der Waals surface area contributed by atoms with Crippen molar-refractivity contribution in [2.45, 2.75) is 96.3 Å². The van der Waals surface area contributed by atoms with E-state index in [2.05, 4.69) is 6.58 Å². The highest BCUT2D eigenvalue weighted by Crippen LogP contribution is 2.14. The Morgan fingerprint density at radius 2 is 1.04 bits per heavy atom. The van der Waals surface area contributed by atoms with E-state index in [1.165, 1.54) is 96.3 Å². The molecule has 0 amide bonds. The maximum Gasteiger partial charge on any atom is 0.119 e. The van der Waals surface area contributed by atoms with Crippen LogP contribution >= 0.6 is 0 Å². The van der Waals surface area contributed by atoms with Crippen LogP contribution < -0.4 is 4.74 Å². The van der Waals surface area contributed by atoms with Crippen molar-refractivity contribution in [2.24, 2.45) is 0 Å². The molecule has 0 aliphatic carbocycles. The zero-order valence-electron chi connectivity index (χ0n) is 16.4. The van der Waals surface area contributed by atoms with Gasteiger partial charge in [-0.05, 0) is 31.4 Å². The van der Waals surface area contributed by atoms with Crippen molar-refractivity contribution in [1.29, 1.82) is 0 Å². The van der Waals surface area contributed by atoms with Gasteiger partial charge in [0.15, 0.2) is 0 Å². The van der Waals surface area contributed by atoms with Gasteiger partial charge < -0.3 is 4.74 Å². The molecule has 1 nitrogen and oxygen atoms in total. The van der Waals surface area contributed by atoms with Gasteiger partial charge in [-0.3, -0.25) is 0 Å². The van der Waals surface area contributed by atoms with Crippen LogP contribution in [-0.4, -0.2) is 6.61 Å².